The third kappa shape index (κ3) is 4.25. The number of hydrogen-bond donors (Lipinski definition) is 1. The molecule has 2 amide bonds. The van der Waals surface area contributed by atoms with Gasteiger partial charge in [0.25, 0.3) is 5.88 Å². The smallest absolute Gasteiger partial charge is 0.317 e. The fourth-order valence-electron chi connectivity index (χ4n) is 2.95. The SMILES string of the molecule is CCCOc1nccnc1N1CC[C@@H](N(C)C(=O)NCc2ccco2)C1. The van der Waals surface area contributed by atoms with Gasteiger partial charge in [0.15, 0.2) is 5.82 Å². The highest BCUT2D eigenvalue weighted by Gasteiger charge is 2.30. The lowest BCUT2D eigenvalue weighted by molar-refractivity contribution is 0.193. The number of nitrogens with one attached hydrogen (secondary N) is 1. The molecule has 3 rings (SSSR count). The van der Waals surface area contributed by atoms with Gasteiger partial charge in [0.05, 0.1) is 25.5 Å². The molecule has 8 nitrogen and oxygen atoms in total. The van der Waals surface area contributed by atoms with E-state index in [1.165, 1.54) is 0 Å². The van der Waals surface area contributed by atoms with E-state index < -0.39 is 0 Å². The summed E-state index contributed by atoms with van der Waals surface area (Å²) < 4.78 is 10.9. The fourth-order valence-corrected chi connectivity index (χ4v) is 2.95. The maximum Gasteiger partial charge on any atom is 0.317 e. The summed E-state index contributed by atoms with van der Waals surface area (Å²) in [6.45, 7) is 4.55. The van der Waals surface area contributed by atoms with Crippen molar-refractivity contribution in [2.24, 2.45) is 0 Å². The number of ether oxygens (including phenoxy) is 1. The van der Waals surface area contributed by atoms with Crippen LogP contribution in [0.15, 0.2) is 35.2 Å². The molecular formula is C18H25N5O3. The second-order valence-corrected chi connectivity index (χ2v) is 6.27. The zero-order valence-electron chi connectivity index (χ0n) is 15.2. The number of hydrogen-bond acceptors (Lipinski definition) is 6. The molecule has 0 aliphatic carbocycles. The summed E-state index contributed by atoms with van der Waals surface area (Å²) in [5, 5.41) is 2.88. The maximum atomic E-state index is 12.4. The van der Waals surface area contributed by atoms with E-state index in [1.54, 1.807) is 29.6 Å². The zero-order valence-corrected chi connectivity index (χ0v) is 15.2. The van der Waals surface area contributed by atoms with Gasteiger partial charge in [-0.25, -0.2) is 14.8 Å². The number of likely N-dealkylation sites (N-methyl/N-ethyl adjacent to an activating group) is 1. The van der Waals surface area contributed by atoms with Crippen LogP contribution in [0.5, 0.6) is 5.88 Å². The van der Waals surface area contributed by atoms with Crippen molar-refractivity contribution in [3.05, 3.63) is 36.5 Å². The Hall–Kier alpha value is -2.77. The quantitative estimate of drug-likeness (QED) is 0.816. The largest absolute Gasteiger partial charge is 0.475 e. The summed E-state index contributed by atoms with van der Waals surface area (Å²) in [6, 6.07) is 3.63. The Morgan fingerprint density at radius 3 is 3.08 bits per heavy atom. The van der Waals surface area contributed by atoms with E-state index in [2.05, 4.69) is 27.1 Å². The van der Waals surface area contributed by atoms with Crippen molar-refractivity contribution in [2.45, 2.75) is 32.4 Å². The third-order valence-electron chi connectivity index (χ3n) is 4.41. The van der Waals surface area contributed by atoms with Crippen molar-refractivity contribution < 1.29 is 13.9 Å². The number of furan rings is 1. The highest BCUT2D eigenvalue weighted by atomic mass is 16.5. The van der Waals surface area contributed by atoms with Crippen LogP contribution < -0.4 is 15.0 Å². The highest BCUT2D eigenvalue weighted by molar-refractivity contribution is 5.74. The summed E-state index contributed by atoms with van der Waals surface area (Å²) in [5.41, 5.74) is 0. The molecule has 1 saturated heterocycles. The van der Waals surface area contributed by atoms with Crippen molar-refractivity contribution in [1.82, 2.24) is 20.2 Å². The first kappa shape index (κ1) is 18.0. The van der Waals surface area contributed by atoms with Crippen LogP contribution in [0.1, 0.15) is 25.5 Å². The van der Waals surface area contributed by atoms with Crippen LogP contribution in [0.2, 0.25) is 0 Å². The molecule has 1 atom stereocenters. The van der Waals surface area contributed by atoms with Gasteiger partial charge in [0.2, 0.25) is 0 Å². The van der Waals surface area contributed by atoms with E-state index in [0.29, 0.717) is 25.6 Å². The lowest BCUT2D eigenvalue weighted by Gasteiger charge is -2.25. The van der Waals surface area contributed by atoms with Gasteiger partial charge in [-0.15, -0.1) is 0 Å². The molecule has 2 aromatic rings. The molecule has 0 aromatic carbocycles. The molecule has 8 heteroatoms. The summed E-state index contributed by atoms with van der Waals surface area (Å²) in [6.07, 6.45) is 6.68. The first-order chi connectivity index (χ1) is 12.7. The molecule has 0 unspecified atom stereocenters. The predicted molar refractivity (Wildman–Crippen MR) is 97.1 cm³/mol. The predicted octanol–water partition coefficient (Wildman–Crippen LogP) is 2.28. The minimum atomic E-state index is -0.116. The average Bonchev–Trinajstić information content (AvgIpc) is 3.36. The summed E-state index contributed by atoms with van der Waals surface area (Å²) in [5.74, 6) is 2.03. The van der Waals surface area contributed by atoms with Crippen LogP contribution in [0, 0.1) is 0 Å². The van der Waals surface area contributed by atoms with Gasteiger partial charge in [0, 0.05) is 32.5 Å². The Bertz CT molecular complexity index is 707. The molecule has 26 heavy (non-hydrogen) atoms. The van der Waals surface area contributed by atoms with Crippen LogP contribution in [0.25, 0.3) is 0 Å². The number of rotatable bonds is 7. The molecule has 0 spiro atoms. The standard InChI is InChI=1S/C18H25N5O3/c1-3-10-26-17-16(19-7-8-20-17)23-9-6-14(13-23)22(2)18(24)21-12-15-5-4-11-25-15/h4-5,7-8,11,14H,3,6,9-10,12-13H2,1-2H3,(H,21,24)/t14-/m1/s1. The first-order valence-corrected chi connectivity index (χ1v) is 8.90. The summed E-state index contributed by atoms with van der Waals surface area (Å²) in [4.78, 5) is 25.0. The average molecular weight is 359 g/mol. The lowest BCUT2D eigenvalue weighted by Crippen LogP contribution is -2.44. The molecular weight excluding hydrogens is 334 g/mol. The van der Waals surface area contributed by atoms with Gasteiger partial charge in [-0.05, 0) is 25.0 Å². The topological polar surface area (TPSA) is 83.7 Å². The van der Waals surface area contributed by atoms with E-state index >= 15 is 0 Å². The van der Waals surface area contributed by atoms with Crippen LogP contribution in [-0.4, -0.2) is 53.7 Å². The minimum Gasteiger partial charge on any atom is -0.475 e. The number of aromatic nitrogens is 2. The number of carbonyl (C=O) groups excluding carboxylic acids is 1. The third-order valence-corrected chi connectivity index (χ3v) is 4.41. The molecule has 1 aliphatic heterocycles. The van der Waals surface area contributed by atoms with Crippen molar-refractivity contribution in [3.8, 4) is 5.88 Å². The Morgan fingerprint density at radius 2 is 2.31 bits per heavy atom. The highest BCUT2D eigenvalue weighted by Crippen LogP contribution is 2.27. The monoisotopic (exact) mass is 359 g/mol. The molecule has 3 heterocycles. The van der Waals surface area contributed by atoms with Gasteiger partial charge >= 0.3 is 6.03 Å². The molecule has 0 bridgehead atoms. The van der Waals surface area contributed by atoms with Crippen LogP contribution in [0.4, 0.5) is 10.6 Å². The van der Waals surface area contributed by atoms with Crippen LogP contribution in [-0.2, 0) is 6.54 Å². The second kappa shape index (κ2) is 8.55. The Morgan fingerprint density at radius 1 is 1.46 bits per heavy atom. The van der Waals surface area contributed by atoms with Crippen LogP contribution >= 0.6 is 0 Å². The normalized spacial score (nSPS) is 16.5. The van der Waals surface area contributed by atoms with E-state index in [-0.39, 0.29) is 12.1 Å². The molecule has 2 aromatic heterocycles. The zero-order chi connectivity index (χ0) is 18.4. The Balaban J connectivity index is 1.57. The Labute approximate surface area is 153 Å². The maximum absolute atomic E-state index is 12.4. The van der Waals surface area contributed by atoms with E-state index in [9.17, 15) is 4.79 Å². The van der Waals surface area contributed by atoms with Gasteiger partial charge in [-0.3, -0.25) is 0 Å². The molecule has 0 radical (unpaired) electrons. The molecule has 0 saturated carbocycles. The molecule has 1 N–H and O–H groups in total. The first-order valence-electron chi connectivity index (χ1n) is 8.90. The molecule has 140 valence electrons. The van der Waals surface area contributed by atoms with E-state index in [4.69, 9.17) is 9.15 Å². The van der Waals surface area contributed by atoms with Crippen LogP contribution in [0.3, 0.4) is 0 Å². The molecule has 1 fully saturated rings. The van der Waals surface area contributed by atoms with Gasteiger partial charge in [-0.1, -0.05) is 6.92 Å². The molecule has 1 aliphatic rings. The van der Waals surface area contributed by atoms with Gasteiger partial charge < -0.3 is 24.3 Å². The van der Waals surface area contributed by atoms with E-state index in [1.807, 2.05) is 13.1 Å². The van der Waals surface area contributed by atoms with Crippen molar-refractivity contribution in [1.29, 1.82) is 0 Å². The number of urea groups is 1. The number of amides is 2. The number of anilines is 1. The number of carbonyl (C=O) groups is 1. The van der Waals surface area contributed by atoms with Crippen molar-refractivity contribution >= 4 is 11.8 Å². The summed E-state index contributed by atoms with van der Waals surface area (Å²) >= 11 is 0. The lowest BCUT2D eigenvalue weighted by atomic mass is 10.2. The second-order valence-electron chi connectivity index (χ2n) is 6.27. The van der Waals surface area contributed by atoms with E-state index in [0.717, 1.165) is 31.0 Å². The number of nitrogens with zero attached hydrogens (tertiary/aromatic N) is 4. The van der Waals surface area contributed by atoms with Crippen molar-refractivity contribution in [2.75, 3.05) is 31.6 Å². The fraction of sp³-hybridized carbons (Fsp3) is 0.500. The minimum absolute atomic E-state index is 0.104. The Kier molecular flexibility index (Phi) is 5.93. The summed E-state index contributed by atoms with van der Waals surface area (Å²) in [7, 11) is 1.82. The van der Waals surface area contributed by atoms with Gasteiger partial charge in [0.1, 0.15) is 5.76 Å². The van der Waals surface area contributed by atoms with Gasteiger partial charge in [-0.2, -0.15) is 0 Å². The van der Waals surface area contributed by atoms with Crippen molar-refractivity contribution in [3.63, 3.8) is 0 Å².